The van der Waals surface area contributed by atoms with Gasteiger partial charge < -0.3 is 14.7 Å². The maximum atomic E-state index is 13.5. The first-order chi connectivity index (χ1) is 17.1. The topological polar surface area (TPSA) is 122 Å². The Morgan fingerprint density at radius 1 is 1.06 bits per heavy atom. The van der Waals surface area contributed by atoms with E-state index in [2.05, 4.69) is 5.10 Å². The number of nitrogens with zero attached hydrogens (tertiary/aromatic N) is 4. The summed E-state index contributed by atoms with van der Waals surface area (Å²) in [5.74, 6) is -2.56. The van der Waals surface area contributed by atoms with Gasteiger partial charge in [0.2, 0.25) is 0 Å². The lowest BCUT2D eigenvalue weighted by Crippen LogP contribution is -2.47. The Hall–Kier alpha value is -4.73. The van der Waals surface area contributed by atoms with Crippen LogP contribution in [0.1, 0.15) is 43.6 Å². The Morgan fingerprint density at radius 2 is 1.69 bits per heavy atom. The molecule has 2 aromatic carbocycles. The highest BCUT2D eigenvalue weighted by Crippen LogP contribution is 2.21. The van der Waals surface area contributed by atoms with Gasteiger partial charge in [-0.25, -0.2) is 9.59 Å². The Bertz CT molecular complexity index is 1550. The van der Waals surface area contributed by atoms with E-state index >= 15 is 0 Å². The molecule has 2 heterocycles. The van der Waals surface area contributed by atoms with Crippen molar-refractivity contribution in [1.82, 2.24) is 4.57 Å². The minimum atomic E-state index is -1.11. The molecular weight excluding hydrogens is 464 g/mol. The van der Waals surface area contributed by atoms with Crippen molar-refractivity contribution in [1.29, 1.82) is 0 Å². The van der Waals surface area contributed by atoms with Crippen molar-refractivity contribution in [2.75, 3.05) is 30.6 Å². The zero-order chi connectivity index (χ0) is 26.1. The summed E-state index contributed by atoms with van der Waals surface area (Å²) >= 11 is 0. The number of pyridine rings is 1. The monoisotopic (exact) mass is 488 g/mol. The van der Waals surface area contributed by atoms with Crippen LogP contribution in [0.15, 0.2) is 58.4 Å². The highest BCUT2D eigenvalue weighted by Gasteiger charge is 2.34. The van der Waals surface area contributed by atoms with Crippen molar-refractivity contribution in [2.45, 2.75) is 6.92 Å². The SMILES string of the molecule is CCOC(=O)c1c2c(n(C)c(=O)c1=Cc1ccc(N(C)C)cc1)=NN(c1ccc(C(=O)O)cc1)C2=O. The van der Waals surface area contributed by atoms with Gasteiger partial charge >= 0.3 is 11.9 Å². The molecule has 36 heavy (non-hydrogen) atoms. The molecule has 1 N–H and O–H groups in total. The second-order valence-corrected chi connectivity index (χ2v) is 8.27. The zero-order valence-corrected chi connectivity index (χ0v) is 20.2. The molecule has 1 aliphatic rings. The number of carbonyl (C=O) groups excluding carboxylic acids is 2. The normalized spacial score (nSPS) is 12.8. The number of benzene rings is 2. The zero-order valence-electron chi connectivity index (χ0n) is 20.2. The Labute approximate surface area is 206 Å². The molecule has 0 bridgehead atoms. The van der Waals surface area contributed by atoms with Crippen molar-refractivity contribution in [3.63, 3.8) is 0 Å². The number of carbonyl (C=O) groups is 3. The lowest BCUT2D eigenvalue weighted by Gasteiger charge is -2.13. The third kappa shape index (κ3) is 4.24. The second kappa shape index (κ2) is 9.49. The van der Waals surface area contributed by atoms with Gasteiger partial charge in [-0.15, -0.1) is 5.10 Å². The number of aromatic carboxylic acids is 1. The number of fused-ring (bicyclic) bond motifs is 1. The van der Waals surface area contributed by atoms with Crippen molar-refractivity contribution in [2.24, 2.45) is 12.1 Å². The van der Waals surface area contributed by atoms with E-state index in [1.54, 1.807) is 25.1 Å². The molecule has 1 aliphatic heterocycles. The smallest absolute Gasteiger partial charge is 0.339 e. The van der Waals surface area contributed by atoms with Gasteiger partial charge in [0.05, 0.1) is 28.6 Å². The summed E-state index contributed by atoms with van der Waals surface area (Å²) in [5.41, 5.74) is 1.21. The van der Waals surface area contributed by atoms with Crippen LogP contribution in [0.2, 0.25) is 0 Å². The van der Waals surface area contributed by atoms with Crippen LogP contribution >= 0.6 is 0 Å². The molecule has 0 saturated carbocycles. The molecule has 10 nitrogen and oxygen atoms in total. The molecule has 0 unspecified atom stereocenters. The van der Waals surface area contributed by atoms with Crippen LogP contribution < -0.4 is 26.2 Å². The Morgan fingerprint density at radius 3 is 2.25 bits per heavy atom. The average molecular weight is 489 g/mol. The molecule has 0 saturated heterocycles. The predicted octanol–water partition coefficient (Wildman–Crippen LogP) is 1.35. The number of hydrogen-bond donors (Lipinski definition) is 1. The lowest BCUT2D eigenvalue weighted by molar-refractivity contribution is 0.0520. The van der Waals surface area contributed by atoms with E-state index in [9.17, 15) is 19.2 Å². The Kier molecular flexibility index (Phi) is 6.43. The lowest BCUT2D eigenvalue weighted by atomic mass is 10.0. The van der Waals surface area contributed by atoms with E-state index in [1.165, 1.54) is 35.9 Å². The van der Waals surface area contributed by atoms with Gasteiger partial charge in [0, 0.05) is 26.8 Å². The van der Waals surface area contributed by atoms with Gasteiger partial charge in [-0.1, -0.05) is 12.1 Å². The molecule has 10 heteroatoms. The van der Waals surface area contributed by atoms with E-state index in [1.807, 2.05) is 31.1 Å². The van der Waals surface area contributed by atoms with Crippen LogP contribution in [-0.2, 0) is 11.8 Å². The van der Waals surface area contributed by atoms with Crippen LogP contribution in [0, 0.1) is 0 Å². The predicted molar refractivity (Wildman–Crippen MR) is 133 cm³/mol. The molecule has 0 spiro atoms. The van der Waals surface area contributed by atoms with Gasteiger partial charge in [0.25, 0.3) is 11.5 Å². The fourth-order valence-electron chi connectivity index (χ4n) is 3.87. The van der Waals surface area contributed by atoms with Gasteiger partial charge in [0.15, 0.2) is 5.49 Å². The summed E-state index contributed by atoms with van der Waals surface area (Å²) in [6.45, 7) is 1.68. The van der Waals surface area contributed by atoms with Crippen LogP contribution in [0.25, 0.3) is 6.08 Å². The van der Waals surface area contributed by atoms with Crippen molar-refractivity contribution in [3.8, 4) is 0 Å². The van der Waals surface area contributed by atoms with Crippen molar-refractivity contribution >= 4 is 35.3 Å². The molecule has 4 rings (SSSR count). The van der Waals surface area contributed by atoms with Crippen LogP contribution in [0.4, 0.5) is 11.4 Å². The van der Waals surface area contributed by atoms with Crippen LogP contribution in [-0.4, -0.2) is 48.2 Å². The number of carboxylic acids is 1. The van der Waals surface area contributed by atoms with Crippen molar-refractivity contribution < 1.29 is 24.2 Å². The molecule has 1 aromatic heterocycles. The van der Waals surface area contributed by atoms with Gasteiger partial charge in [-0.2, -0.15) is 5.01 Å². The average Bonchev–Trinajstić information content (AvgIpc) is 3.20. The molecule has 0 atom stereocenters. The number of rotatable bonds is 6. The number of ether oxygens (including phenoxy) is 1. The Balaban J connectivity index is 1.93. The van der Waals surface area contributed by atoms with E-state index in [4.69, 9.17) is 9.84 Å². The first-order valence-corrected chi connectivity index (χ1v) is 11.1. The minimum absolute atomic E-state index is 0.00969. The summed E-state index contributed by atoms with van der Waals surface area (Å²) in [7, 11) is 5.28. The number of amides is 1. The maximum Gasteiger partial charge on any atom is 0.339 e. The molecule has 1 amide bonds. The minimum Gasteiger partial charge on any atom is -0.478 e. The standard InChI is InChI=1S/C26H24N4O6/c1-5-36-26(35)20-19(14-15-6-10-17(11-7-15)28(2)3)23(31)29(4)22-21(20)24(32)30(27-22)18-12-8-16(9-13-18)25(33)34/h6-14H,5H2,1-4H3,(H,33,34). The van der Waals surface area contributed by atoms with E-state index in [0.717, 1.165) is 10.7 Å². The van der Waals surface area contributed by atoms with E-state index < -0.39 is 23.4 Å². The van der Waals surface area contributed by atoms with Gasteiger partial charge in [-0.3, -0.25) is 14.2 Å². The fourth-order valence-corrected chi connectivity index (χ4v) is 3.87. The molecule has 0 aliphatic carbocycles. The number of hydrogen-bond acceptors (Lipinski definition) is 7. The second-order valence-electron chi connectivity index (χ2n) is 8.27. The molecule has 184 valence electrons. The highest BCUT2D eigenvalue weighted by molar-refractivity contribution is 6.13. The van der Waals surface area contributed by atoms with E-state index in [-0.39, 0.29) is 39.7 Å². The van der Waals surface area contributed by atoms with Gasteiger partial charge in [0.1, 0.15) is 5.56 Å². The number of carboxylic acid groups (broad SMARTS) is 1. The fraction of sp³-hybridized carbons (Fsp3) is 0.192. The summed E-state index contributed by atoms with van der Waals surface area (Å²) in [6, 6.07) is 12.9. The summed E-state index contributed by atoms with van der Waals surface area (Å²) in [6.07, 6.45) is 1.55. The van der Waals surface area contributed by atoms with E-state index in [0.29, 0.717) is 5.56 Å². The van der Waals surface area contributed by atoms with Crippen LogP contribution in [0.3, 0.4) is 0 Å². The first-order valence-electron chi connectivity index (χ1n) is 11.1. The third-order valence-corrected chi connectivity index (χ3v) is 5.76. The van der Waals surface area contributed by atoms with Crippen LogP contribution in [0.5, 0.6) is 0 Å². The quantitative estimate of drug-likeness (QED) is 0.520. The number of aromatic nitrogens is 1. The number of esters is 1. The molecular formula is C26H24N4O6. The largest absolute Gasteiger partial charge is 0.478 e. The molecule has 3 aromatic rings. The molecule has 0 fully saturated rings. The van der Waals surface area contributed by atoms with Gasteiger partial charge in [-0.05, 0) is 55.0 Å². The maximum absolute atomic E-state index is 13.5. The summed E-state index contributed by atoms with van der Waals surface area (Å²) in [5, 5.41) is 14.5. The first kappa shape index (κ1) is 24.4. The number of anilines is 2. The van der Waals surface area contributed by atoms with Crippen molar-refractivity contribution in [3.05, 3.63) is 91.8 Å². The molecule has 0 radical (unpaired) electrons. The third-order valence-electron chi connectivity index (χ3n) is 5.76. The summed E-state index contributed by atoms with van der Waals surface area (Å²) < 4.78 is 6.43. The summed E-state index contributed by atoms with van der Waals surface area (Å²) in [4.78, 5) is 53.0. The highest BCUT2D eigenvalue weighted by atomic mass is 16.5.